The van der Waals surface area contributed by atoms with Crippen LogP contribution in [0.2, 0.25) is 0 Å². The SMILES string of the molecule is O=C(Nc1ccc(C=Cc2ccc(NC(=O)[C@@H]3CCCN3C(=O)c3cccc4ccccc34)cc2)cc1)[C@@H]1CCCN1C(=O)c1cccc2ccccc12. The molecule has 2 N–H and O–H groups in total. The molecule has 0 aromatic heterocycles. The second-order valence-electron chi connectivity index (χ2n) is 13.9. The smallest absolute Gasteiger partial charge is 0.255 e. The lowest BCUT2D eigenvalue weighted by molar-refractivity contribution is -0.120. The van der Waals surface area contributed by atoms with Gasteiger partial charge in [0.2, 0.25) is 11.8 Å². The fourth-order valence-electron chi connectivity index (χ4n) is 7.70. The number of carbonyl (C=O) groups is 4. The van der Waals surface area contributed by atoms with E-state index in [1.165, 1.54) is 0 Å². The average Bonchev–Trinajstić information content (AvgIpc) is 3.92. The van der Waals surface area contributed by atoms with Crippen molar-refractivity contribution in [1.29, 1.82) is 0 Å². The van der Waals surface area contributed by atoms with Gasteiger partial charge >= 0.3 is 0 Å². The Balaban J connectivity index is 0.858. The van der Waals surface area contributed by atoms with E-state index in [4.69, 9.17) is 0 Å². The van der Waals surface area contributed by atoms with Crippen LogP contribution in [0.4, 0.5) is 11.4 Å². The van der Waals surface area contributed by atoms with Crippen molar-refractivity contribution in [1.82, 2.24) is 9.80 Å². The summed E-state index contributed by atoms with van der Waals surface area (Å²) in [4.78, 5) is 57.3. The minimum Gasteiger partial charge on any atom is -0.327 e. The van der Waals surface area contributed by atoms with E-state index in [0.29, 0.717) is 48.4 Å². The summed E-state index contributed by atoms with van der Waals surface area (Å²) >= 11 is 0. The van der Waals surface area contributed by atoms with Gasteiger partial charge in [0, 0.05) is 35.6 Å². The first-order chi connectivity index (χ1) is 26.4. The quantitative estimate of drug-likeness (QED) is 0.154. The van der Waals surface area contributed by atoms with Gasteiger partial charge in [0.1, 0.15) is 12.1 Å². The molecule has 8 rings (SSSR count). The number of hydrogen-bond donors (Lipinski definition) is 2. The highest BCUT2D eigenvalue weighted by Crippen LogP contribution is 2.28. The van der Waals surface area contributed by atoms with Crippen molar-refractivity contribution in [2.75, 3.05) is 23.7 Å². The maximum Gasteiger partial charge on any atom is 0.255 e. The molecular weight excluding hydrogens is 673 g/mol. The Morgan fingerprint density at radius 3 is 1.30 bits per heavy atom. The molecule has 2 saturated heterocycles. The Morgan fingerprint density at radius 2 is 0.870 bits per heavy atom. The van der Waals surface area contributed by atoms with E-state index in [-0.39, 0.29) is 23.6 Å². The second kappa shape index (κ2) is 15.2. The van der Waals surface area contributed by atoms with Crippen molar-refractivity contribution in [3.8, 4) is 0 Å². The number of likely N-dealkylation sites (tertiary alicyclic amines) is 2. The number of fused-ring (bicyclic) bond motifs is 2. The summed E-state index contributed by atoms with van der Waals surface area (Å²) in [6.07, 6.45) is 6.76. The van der Waals surface area contributed by atoms with Gasteiger partial charge in [-0.05, 0) is 94.8 Å². The van der Waals surface area contributed by atoms with Crippen molar-refractivity contribution in [3.63, 3.8) is 0 Å². The molecule has 4 amide bonds. The lowest BCUT2D eigenvalue weighted by atomic mass is 10.0. The van der Waals surface area contributed by atoms with Gasteiger partial charge in [-0.25, -0.2) is 0 Å². The maximum absolute atomic E-state index is 13.6. The molecule has 8 nitrogen and oxygen atoms in total. The van der Waals surface area contributed by atoms with Crippen LogP contribution < -0.4 is 10.6 Å². The van der Waals surface area contributed by atoms with Gasteiger partial charge in [-0.3, -0.25) is 19.2 Å². The molecule has 0 bridgehead atoms. The Hall–Kier alpha value is -6.54. The number of nitrogens with zero attached hydrogens (tertiary/aromatic N) is 2. The first-order valence-corrected chi connectivity index (χ1v) is 18.5. The zero-order chi connectivity index (χ0) is 37.0. The van der Waals surface area contributed by atoms with Crippen molar-refractivity contribution >= 4 is 68.7 Å². The summed E-state index contributed by atoms with van der Waals surface area (Å²) in [5.41, 5.74) is 4.48. The van der Waals surface area contributed by atoms with E-state index >= 15 is 0 Å². The molecule has 54 heavy (non-hydrogen) atoms. The van der Waals surface area contributed by atoms with Gasteiger partial charge in [0.15, 0.2) is 0 Å². The molecule has 6 aromatic rings. The summed E-state index contributed by atoms with van der Waals surface area (Å²) in [5, 5.41) is 9.80. The van der Waals surface area contributed by atoms with Crippen LogP contribution in [0.25, 0.3) is 33.7 Å². The molecule has 6 aromatic carbocycles. The van der Waals surface area contributed by atoms with Gasteiger partial charge in [-0.2, -0.15) is 0 Å². The minimum atomic E-state index is -0.529. The lowest BCUT2D eigenvalue weighted by Crippen LogP contribution is -2.43. The number of nitrogens with one attached hydrogen (secondary N) is 2. The van der Waals surface area contributed by atoms with Crippen LogP contribution in [-0.2, 0) is 9.59 Å². The summed E-state index contributed by atoms with van der Waals surface area (Å²) in [7, 11) is 0. The largest absolute Gasteiger partial charge is 0.327 e. The topological polar surface area (TPSA) is 98.8 Å². The molecular formula is C46H40N4O4. The number of rotatable bonds is 8. The molecule has 268 valence electrons. The first kappa shape index (κ1) is 34.5. The van der Waals surface area contributed by atoms with Gasteiger partial charge < -0.3 is 20.4 Å². The van der Waals surface area contributed by atoms with Crippen molar-refractivity contribution in [3.05, 3.63) is 156 Å². The van der Waals surface area contributed by atoms with Crippen molar-refractivity contribution < 1.29 is 19.2 Å². The lowest BCUT2D eigenvalue weighted by Gasteiger charge is -2.24. The minimum absolute atomic E-state index is 0.120. The highest BCUT2D eigenvalue weighted by molar-refractivity contribution is 6.10. The standard InChI is InChI=1S/C46H40N4O4/c51-43(41-17-7-29-49(41)45(53)39-15-5-11-33-9-1-3-13-37(33)39)47-35-25-21-31(22-26-35)19-20-32-23-27-36(28-24-32)48-44(52)42-18-8-30-50(42)46(54)40-16-6-12-34-10-2-4-14-38(34)40/h1-6,9-16,19-28,41-42H,7-8,17-18,29-30H2,(H,47,51)(H,48,52)/t41-,42-/m0/s1. The van der Waals surface area contributed by atoms with E-state index < -0.39 is 12.1 Å². The molecule has 2 fully saturated rings. The van der Waals surface area contributed by atoms with Gasteiger partial charge in [0.25, 0.3) is 11.8 Å². The zero-order valence-electron chi connectivity index (χ0n) is 29.8. The van der Waals surface area contributed by atoms with E-state index in [1.807, 2.05) is 146 Å². The molecule has 0 saturated carbocycles. The Kier molecular flexibility index (Phi) is 9.73. The number of anilines is 2. The number of carbonyl (C=O) groups excluding carboxylic acids is 4. The van der Waals surface area contributed by atoms with E-state index in [0.717, 1.165) is 45.5 Å². The molecule has 2 aliphatic heterocycles. The summed E-state index contributed by atoms with van der Waals surface area (Å²) in [5.74, 6) is -0.614. The molecule has 0 spiro atoms. The molecule has 2 heterocycles. The van der Waals surface area contributed by atoms with Crippen LogP contribution in [0.15, 0.2) is 133 Å². The van der Waals surface area contributed by atoms with E-state index in [2.05, 4.69) is 10.6 Å². The summed E-state index contributed by atoms with van der Waals surface area (Å²) in [6, 6.07) is 41.1. The molecule has 0 radical (unpaired) electrons. The molecule has 0 aliphatic carbocycles. The monoisotopic (exact) mass is 712 g/mol. The second-order valence-corrected chi connectivity index (χ2v) is 13.9. The highest BCUT2D eigenvalue weighted by Gasteiger charge is 2.36. The fourth-order valence-corrected chi connectivity index (χ4v) is 7.70. The maximum atomic E-state index is 13.6. The fraction of sp³-hybridized carbons (Fsp3) is 0.174. The van der Waals surface area contributed by atoms with Gasteiger partial charge in [-0.15, -0.1) is 0 Å². The van der Waals surface area contributed by atoms with Crippen LogP contribution in [0.1, 0.15) is 57.5 Å². The van der Waals surface area contributed by atoms with Crippen LogP contribution in [-0.4, -0.2) is 58.6 Å². The molecule has 0 unspecified atom stereocenters. The van der Waals surface area contributed by atoms with Crippen molar-refractivity contribution in [2.24, 2.45) is 0 Å². The van der Waals surface area contributed by atoms with Gasteiger partial charge in [0.05, 0.1) is 0 Å². The summed E-state index contributed by atoms with van der Waals surface area (Å²) in [6.45, 7) is 1.09. The van der Waals surface area contributed by atoms with Crippen LogP contribution >= 0.6 is 0 Å². The zero-order valence-corrected chi connectivity index (χ0v) is 29.8. The Labute approximate surface area is 314 Å². The summed E-state index contributed by atoms with van der Waals surface area (Å²) < 4.78 is 0. The molecule has 2 aliphatic rings. The van der Waals surface area contributed by atoms with Crippen molar-refractivity contribution in [2.45, 2.75) is 37.8 Å². The third-order valence-corrected chi connectivity index (χ3v) is 10.5. The van der Waals surface area contributed by atoms with Gasteiger partial charge in [-0.1, -0.05) is 109 Å². The Bertz CT molecular complexity index is 2220. The predicted molar refractivity (Wildman–Crippen MR) is 215 cm³/mol. The third kappa shape index (κ3) is 7.11. The normalized spacial score (nSPS) is 17.0. The van der Waals surface area contributed by atoms with E-state index in [9.17, 15) is 19.2 Å². The first-order valence-electron chi connectivity index (χ1n) is 18.5. The highest BCUT2D eigenvalue weighted by atomic mass is 16.2. The number of benzene rings is 6. The Morgan fingerprint density at radius 1 is 0.481 bits per heavy atom. The van der Waals surface area contributed by atoms with Crippen LogP contribution in [0.3, 0.4) is 0 Å². The third-order valence-electron chi connectivity index (χ3n) is 10.5. The number of hydrogen-bond acceptors (Lipinski definition) is 4. The van der Waals surface area contributed by atoms with Crippen LogP contribution in [0.5, 0.6) is 0 Å². The molecule has 2 atom stereocenters. The average molecular weight is 713 g/mol. The van der Waals surface area contributed by atoms with Crippen LogP contribution in [0, 0.1) is 0 Å². The predicted octanol–water partition coefficient (Wildman–Crippen LogP) is 8.65. The number of amides is 4. The van der Waals surface area contributed by atoms with E-state index in [1.54, 1.807) is 9.80 Å². The molecule has 8 heteroatoms.